The molecule has 0 radical (unpaired) electrons. The van der Waals surface area contributed by atoms with E-state index in [0.29, 0.717) is 18.0 Å². The first-order chi connectivity index (χ1) is 8.17. The smallest absolute Gasteiger partial charge is 0.123 e. The minimum atomic E-state index is -0.204. The predicted molar refractivity (Wildman–Crippen MR) is 71.2 cm³/mol. The van der Waals surface area contributed by atoms with E-state index in [1.807, 2.05) is 6.07 Å². The van der Waals surface area contributed by atoms with Crippen LogP contribution in [0.25, 0.3) is 0 Å². The highest BCUT2D eigenvalue weighted by atomic mass is 35.5. The van der Waals surface area contributed by atoms with Gasteiger partial charge in [0, 0.05) is 23.7 Å². The van der Waals surface area contributed by atoms with Gasteiger partial charge in [-0.2, -0.15) is 0 Å². The van der Waals surface area contributed by atoms with Crippen molar-refractivity contribution in [2.75, 3.05) is 4.90 Å². The number of alkyl halides is 1. The molecular formula is C14H19ClFN. The molecule has 94 valence electrons. The standard InChI is InChI=1S/C14H19ClFN/c1-3-13-6-4-10(2)17(13)14-7-5-12(16)8-11(14)9-15/h5,7-8,10,13H,3-4,6,9H2,1-2H3. The highest BCUT2D eigenvalue weighted by Gasteiger charge is 2.30. The average molecular weight is 256 g/mol. The Balaban J connectivity index is 2.38. The van der Waals surface area contributed by atoms with E-state index in [9.17, 15) is 4.39 Å². The van der Waals surface area contributed by atoms with E-state index in [1.54, 1.807) is 6.07 Å². The lowest BCUT2D eigenvalue weighted by atomic mass is 10.1. The molecule has 1 nitrogen and oxygen atoms in total. The van der Waals surface area contributed by atoms with Crippen LogP contribution in [0.1, 0.15) is 38.7 Å². The van der Waals surface area contributed by atoms with E-state index in [0.717, 1.165) is 17.7 Å². The third-order valence-electron chi connectivity index (χ3n) is 3.72. The van der Waals surface area contributed by atoms with Crippen molar-refractivity contribution in [2.24, 2.45) is 0 Å². The van der Waals surface area contributed by atoms with Crippen molar-refractivity contribution in [1.29, 1.82) is 0 Å². The first-order valence-corrected chi connectivity index (χ1v) is 6.83. The fourth-order valence-corrected chi connectivity index (χ4v) is 3.03. The third kappa shape index (κ3) is 2.42. The Morgan fingerprint density at radius 3 is 2.82 bits per heavy atom. The molecular weight excluding hydrogens is 237 g/mol. The van der Waals surface area contributed by atoms with Crippen molar-refractivity contribution in [1.82, 2.24) is 0 Å². The van der Waals surface area contributed by atoms with Gasteiger partial charge in [0.1, 0.15) is 5.82 Å². The van der Waals surface area contributed by atoms with Gasteiger partial charge >= 0.3 is 0 Å². The number of hydrogen-bond acceptors (Lipinski definition) is 1. The second-order valence-electron chi connectivity index (χ2n) is 4.80. The van der Waals surface area contributed by atoms with Gasteiger partial charge in [0.2, 0.25) is 0 Å². The largest absolute Gasteiger partial charge is 0.366 e. The Kier molecular flexibility index (Phi) is 3.93. The Bertz CT molecular complexity index is 394. The molecule has 17 heavy (non-hydrogen) atoms. The molecule has 0 bridgehead atoms. The summed E-state index contributed by atoms with van der Waals surface area (Å²) in [5, 5.41) is 0. The minimum absolute atomic E-state index is 0.204. The topological polar surface area (TPSA) is 3.24 Å². The third-order valence-corrected chi connectivity index (χ3v) is 4.01. The fourth-order valence-electron chi connectivity index (χ4n) is 2.82. The Morgan fingerprint density at radius 2 is 2.18 bits per heavy atom. The second-order valence-corrected chi connectivity index (χ2v) is 5.07. The van der Waals surface area contributed by atoms with Crippen molar-refractivity contribution < 1.29 is 4.39 Å². The molecule has 0 saturated carbocycles. The van der Waals surface area contributed by atoms with Crippen molar-refractivity contribution in [2.45, 2.75) is 51.1 Å². The molecule has 2 unspecified atom stereocenters. The van der Waals surface area contributed by atoms with Gasteiger partial charge in [-0.1, -0.05) is 6.92 Å². The molecule has 1 aromatic carbocycles. The van der Waals surface area contributed by atoms with Crippen LogP contribution in [0.2, 0.25) is 0 Å². The summed E-state index contributed by atoms with van der Waals surface area (Å²) in [5.41, 5.74) is 2.01. The maximum absolute atomic E-state index is 13.2. The van der Waals surface area contributed by atoms with Crippen LogP contribution in [-0.4, -0.2) is 12.1 Å². The normalized spacial score (nSPS) is 24.4. The Labute approximate surface area is 108 Å². The molecule has 0 amide bonds. The number of nitrogens with zero attached hydrogens (tertiary/aromatic N) is 1. The number of benzene rings is 1. The summed E-state index contributed by atoms with van der Waals surface area (Å²) < 4.78 is 13.2. The van der Waals surface area contributed by atoms with Gasteiger partial charge in [0.15, 0.2) is 0 Å². The summed E-state index contributed by atoms with van der Waals surface area (Å²) in [7, 11) is 0. The number of halogens is 2. The quantitative estimate of drug-likeness (QED) is 0.727. The molecule has 1 aromatic rings. The minimum Gasteiger partial charge on any atom is -0.366 e. The monoisotopic (exact) mass is 255 g/mol. The highest BCUT2D eigenvalue weighted by molar-refractivity contribution is 6.17. The van der Waals surface area contributed by atoms with Crippen LogP contribution < -0.4 is 4.90 Å². The lowest BCUT2D eigenvalue weighted by Gasteiger charge is -2.32. The molecule has 0 aliphatic carbocycles. The van der Waals surface area contributed by atoms with E-state index in [-0.39, 0.29) is 5.82 Å². The maximum atomic E-state index is 13.2. The second kappa shape index (κ2) is 5.26. The summed E-state index contributed by atoms with van der Waals surface area (Å²) in [6, 6.07) is 6.05. The Hall–Kier alpha value is -0.760. The average Bonchev–Trinajstić information content (AvgIpc) is 2.70. The molecule has 3 heteroatoms. The van der Waals surface area contributed by atoms with E-state index in [1.165, 1.54) is 18.9 Å². The number of hydrogen-bond donors (Lipinski definition) is 0. The molecule has 1 fully saturated rings. The van der Waals surface area contributed by atoms with Crippen molar-refractivity contribution >= 4 is 17.3 Å². The van der Waals surface area contributed by atoms with Crippen LogP contribution in [-0.2, 0) is 5.88 Å². The summed E-state index contributed by atoms with van der Waals surface area (Å²) in [5.74, 6) is 0.163. The SMILES string of the molecule is CCC1CCC(C)N1c1ccc(F)cc1CCl. The molecule has 1 aliphatic heterocycles. The van der Waals surface area contributed by atoms with Crippen LogP contribution in [0.15, 0.2) is 18.2 Å². The summed E-state index contributed by atoms with van der Waals surface area (Å²) in [6.07, 6.45) is 3.55. The molecule has 2 rings (SSSR count). The van der Waals surface area contributed by atoms with Gasteiger partial charge in [-0.05, 0) is 49.9 Å². The molecule has 0 aromatic heterocycles. The summed E-state index contributed by atoms with van der Waals surface area (Å²) in [6.45, 7) is 4.44. The van der Waals surface area contributed by atoms with Crippen LogP contribution in [0.3, 0.4) is 0 Å². The van der Waals surface area contributed by atoms with Crippen LogP contribution >= 0.6 is 11.6 Å². The lowest BCUT2D eigenvalue weighted by molar-refractivity contribution is 0.614. The summed E-state index contributed by atoms with van der Waals surface area (Å²) in [4.78, 5) is 2.41. The highest BCUT2D eigenvalue weighted by Crippen LogP contribution is 2.35. The Morgan fingerprint density at radius 1 is 1.41 bits per heavy atom. The zero-order valence-electron chi connectivity index (χ0n) is 10.4. The van der Waals surface area contributed by atoms with Gasteiger partial charge in [-0.3, -0.25) is 0 Å². The van der Waals surface area contributed by atoms with Gasteiger partial charge in [-0.25, -0.2) is 4.39 Å². The fraction of sp³-hybridized carbons (Fsp3) is 0.571. The van der Waals surface area contributed by atoms with Crippen LogP contribution in [0, 0.1) is 5.82 Å². The van der Waals surface area contributed by atoms with Gasteiger partial charge in [0.05, 0.1) is 0 Å². The molecule has 0 N–H and O–H groups in total. The van der Waals surface area contributed by atoms with E-state index in [4.69, 9.17) is 11.6 Å². The zero-order chi connectivity index (χ0) is 12.4. The van der Waals surface area contributed by atoms with E-state index in [2.05, 4.69) is 18.7 Å². The zero-order valence-corrected chi connectivity index (χ0v) is 11.2. The molecule has 0 spiro atoms. The molecule has 1 heterocycles. The molecule has 2 atom stereocenters. The van der Waals surface area contributed by atoms with Crippen molar-refractivity contribution in [3.8, 4) is 0 Å². The number of rotatable bonds is 3. The van der Waals surface area contributed by atoms with Crippen LogP contribution in [0.5, 0.6) is 0 Å². The van der Waals surface area contributed by atoms with Crippen molar-refractivity contribution in [3.05, 3.63) is 29.6 Å². The van der Waals surface area contributed by atoms with E-state index < -0.39 is 0 Å². The first-order valence-electron chi connectivity index (χ1n) is 6.30. The first kappa shape index (κ1) is 12.7. The predicted octanol–water partition coefficient (Wildman–Crippen LogP) is 4.33. The lowest BCUT2D eigenvalue weighted by Crippen LogP contribution is -2.34. The maximum Gasteiger partial charge on any atom is 0.123 e. The van der Waals surface area contributed by atoms with Gasteiger partial charge in [-0.15, -0.1) is 11.6 Å². The van der Waals surface area contributed by atoms with Crippen molar-refractivity contribution in [3.63, 3.8) is 0 Å². The number of anilines is 1. The summed E-state index contributed by atoms with van der Waals surface area (Å²) >= 11 is 5.93. The van der Waals surface area contributed by atoms with E-state index >= 15 is 0 Å². The van der Waals surface area contributed by atoms with Gasteiger partial charge < -0.3 is 4.90 Å². The molecule has 1 aliphatic rings. The van der Waals surface area contributed by atoms with Crippen LogP contribution in [0.4, 0.5) is 10.1 Å². The van der Waals surface area contributed by atoms with Gasteiger partial charge in [0.25, 0.3) is 0 Å². The molecule has 1 saturated heterocycles.